The minimum Gasteiger partial charge on any atom is -0.359 e. The molecule has 0 saturated carbocycles. The lowest BCUT2D eigenvalue weighted by atomic mass is 10.1. The van der Waals surface area contributed by atoms with Gasteiger partial charge < -0.3 is 10.6 Å². The topological polar surface area (TPSA) is 61.4 Å². The van der Waals surface area contributed by atoms with Gasteiger partial charge in [0.05, 0.1) is 12.5 Å². The summed E-state index contributed by atoms with van der Waals surface area (Å²) in [6, 6.07) is 7.35. The lowest BCUT2D eigenvalue weighted by Crippen LogP contribution is -2.42. The van der Waals surface area contributed by atoms with E-state index in [4.69, 9.17) is 0 Å². The van der Waals surface area contributed by atoms with Gasteiger partial charge in [-0.2, -0.15) is 0 Å². The molecule has 1 aromatic rings. The number of amides is 2. The van der Waals surface area contributed by atoms with Gasteiger partial charge in [0.15, 0.2) is 0 Å². The lowest BCUT2D eigenvalue weighted by Gasteiger charge is -2.26. The number of hydrogen-bond acceptors (Lipinski definition) is 3. The average molecular weight is 317 g/mol. The maximum absolute atomic E-state index is 12.4. The van der Waals surface area contributed by atoms with Gasteiger partial charge in [0, 0.05) is 12.7 Å². The van der Waals surface area contributed by atoms with Crippen molar-refractivity contribution < 1.29 is 9.59 Å². The average Bonchev–Trinajstić information content (AvgIpc) is 2.85. The van der Waals surface area contributed by atoms with E-state index in [1.165, 1.54) is 25.7 Å². The molecule has 2 N–H and O–H groups in total. The van der Waals surface area contributed by atoms with Crippen LogP contribution in [0.3, 0.4) is 0 Å². The minimum atomic E-state index is -0.112. The molecule has 1 unspecified atom stereocenters. The van der Waals surface area contributed by atoms with E-state index in [-0.39, 0.29) is 17.9 Å². The number of anilines is 1. The number of carbonyl (C=O) groups excluding carboxylic acids is 2. The molecule has 1 heterocycles. The summed E-state index contributed by atoms with van der Waals surface area (Å²) in [5.41, 5.74) is 1.71. The van der Waals surface area contributed by atoms with Crippen LogP contribution in [0.25, 0.3) is 0 Å². The highest BCUT2D eigenvalue weighted by Gasteiger charge is 2.22. The van der Waals surface area contributed by atoms with Gasteiger partial charge in [-0.15, -0.1) is 0 Å². The molecule has 5 heteroatoms. The molecule has 0 aliphatic carbocycles. The van der Waals surface area contributed by atoms with Crippen LogP contribution in [0.15, 0.2) is 24.3 Å². The minimum absolute atomic E-state index is 0.0171. The molecule has 1 fully saturated rings. The molecule has 5 nitrogen and oxygen atoms in total. The predicted molar refractivity (Wildman–Crippen MR) is 92.3 cm³/mol. The van der Waals surface area contributed by atoms with E-state index in [1.807, 2.05) is 31.2 Å². The number of likely N-dealkylation sites (N-methyl/N-ethyl adjacent to an activating group) is 1. The Hall–Kier alpha value is -1.88. The molecule has 1 saturated heterocycles. The van der Waals surface area contributed by atoms with Crippen LogP contribution < -0.4 is 10.6 Å². The second-order valence-corrected chi connectivity index (χ2v) is 6.16. The Morgan fingerprint density at radius 1 is 1.09 bits per heavy atom. The van der Waals surface area contributed by atoms with Gasteiger partial charge >= 0.3 is 0 Å². The summed E-state index contributed by atoms with van der Waals surface area (Å²) in [5, 5.41) is 5.58. The number of nitrogens with one attached hydrogen (secondary N) is 2. The Bertz CT molecular complexity index is 520. The summed E-state index contributed by atoms with van der Waals surface area (Å²) in [5.74, 6) is 0.0162. The lowest BCUT2D eigenvalue weighted by molar-refractivity contribution is -0.121. The fraction of sp³-hybridized carbons (Fsp3) is 0.556. The third kappa shape index (κ3) is 5.36. The molecule has 1 aromatic carbocycles. The van der Waals surface area contributed by atoms with E-state index in [0.717, 1.165) is 24.3 Å². The molecule has 1 aliphatic heterocycles. The van der Waals surface area contributed by atoms with Crippen LogP contribution in [0, 0.1) is 0 Å². The van der Waals surface area contributed by atoms with E-state index in [0.29, 0.717) is 6.42 Å². The van der Waals surface area contributed by atoms with Crippen LogP contribution in [0.2, 0.25) is 0 Å². The van der Waals surface area contributed by atoms with Crippen molar-refractivity contribution in [1.29, 1.82) is 0 Å². The summed E-state index contributed by atoms with van der Waals surface area (Å²) in [6.07, 6.45) is 5.22. The number of benzene rings is 1. The summed E-state index contributed by atoms with van der Waals surface area (Å²) in [4.78, 5) is 26.0. The first kappa shape index (κ1) is 17.5. The quantitative estimate of drug-likeness (QED) is 0.875. The zero-order valence-electron chi connectivity index (χ0n) is 14.1. The molecule has 0 radical (unpaired) electrons. The maximum Gasteiger partial charge on any atom is 0.241 e. The van der Waals surface area contributed by atoms with Crippen molar-refractivity contribution >= 4 is 17.5 Å². The van der Waals surface area contributed by atoms with E-state index in [9.17, 15) is 9.59 Å². The summed E-state index contributed by atoms with van der Waals surface area (Å²) >= 11 is 0. The van der Waals surface area contributed by atoms with Crippen LogP contribution in [0.5, 0.6) is 0 Å². The summed E-state index contributed by atoms with van der Waals surface area (Å²) in [7, 11) is 1.63. The molecule has 1 atom stereocenters. The first-order valence-corrected chi connectivity index (χ1v) is 8.44. The Morgan fingerprint density at radius 3 is 2.26 bits per heavy atom. The molecular formula is C18H27N3O2. The van der Waals surface area contributed by atoms with Crippen molar-refractivity contribution in [2.75, 3.05) is 25.5 Å². The van der Waals surface area contributed by atoms with Crippen molar-refractivity contribution in [1.82, 2.24) is 10.2 Å². The fourth-order valence-corrected chi connectivity index (χ4v) is 2.87. The van der Waals surface area contributed by atoms with E-state index in [2.05, 4.69) is 15.5 Å². The third-order valence-electron chi connectivity index (χ3n) is 4.43. The third-order valence-corrected chi connectivity index (χ3v) is 4.43. The second kappa shape index (κ2) is 8.67. The number of likely N-dealkylation sites (tertiary alicyclic amines) is 1. The normalized spacial score (nSPS) is 17.1. The highest BCUT2D eigenvalue weighted by atomic mass is 16.2. The molecule has 1 aliphatic rings. The van der Waals surface area contributed by atoms with Crippen molar-refractivity contribution in [3.05, 3.63) is 29.8 Å². The fourth-order valence-electron chi connectivity index (χ4n) is 2.87. The van der Waals surface area contributed by atoms with Gasteiger partial charge in [-0.05, 0) is 50.6 Å². The van der Waals surface area contributed by atoms with E-state index in [1.54, 1.807) is 7.05 Å². The molecule has 0 aromatic heterocycles. The number of nitrogens with zero attached hydrogens (tertiary/aromatic N) is 1. The summed E-state index contributed by atoms with van der Waals surface area (Å²) < 4.78 is 0. The Kier molecular flexibility index (Phi) is 6.59. The molecule has 23 heavy (non-hydrogen) atoms. The van der Waals surface area contributed by atoms with Gasteiger partial charge in [0.2, 0.25) is 11.8 Å². The van der Waals surface area contributed by atoms with Gasteiger partial charge in [-0.1, -0.05) is 25.0 Å². The molecule has 2 rings (SSSR count). The number of carbonyl (C=O) groups is 2. The van der Waals surface area contributed by atoms with Crippen LogP contribution in [-0.4, -0.2) is 42.9 Å². The second-order valence-electron chi connectivity index (χ2n) is 6.16. The first-order chi connectivity index (χ1) is 11.1. The van der Waals surface area contributed by atoms with Crippen LogP contribution in [-0.2, 0) is 16.0 Å². The molecular weight excluding hydrogens is 290 g/mol. The van der Waals surface area contributed by atoms with Gasteiger partial charge in [0.25, 0.3) is 0 Å². The molecule has 0 spiro atoms. The smallest absolute Gasteiger partial charge is 0.241 e. The Morgan fingerprint density at radius 2 is 1.70 bits per heavy atom. The first-order valence-electron chi connectivity index (χ1n) is 8.44. The van der Waals surface area contributed by atoms with Crippen molar-refractivity contribution in [2.45, 2.75) is 45.1 Å². The van der Waals surface area contributed by atoms with Crippen molar-refractivity contribution in [2.24, 2.45) is 0 Å². The van der Waals surface area contributed by atoms with E-state index >= 15 is 0 Å². The van der Waals surface area contributed by atoms with Gasteiger partial charge in [0.1, 0.15) is 0 Å². The largest absolute Gasteiger partial charge is 0.359 e. The van der Waals surface area contributed by atoms with Crippen molar-refractivity contribution in [3.8, 4) is 0 Å². The highest BCUT2D eigenvalue weighted by Crippen LogP contribution is 2.15. The van der Waals surface area contributed by atoms with Crippen LogP contribution in [0.4, 0.5) is 5.69 Å². The summed E-state index contributed by atoms with van der Waals surface area (Å²) in [6.45, 7) is 3.97. The number of hydrogen-bond donors (Lipinski definition) is 2. The maximum atomic E-state index is 12.4. The van der Waals surface area contributed by atoms with Crippen LogP contribution in [0.1, 0.15) is 38.2 Å². The van der Waals surface area contributed by atoms with Crippen molar-refractivity contribution in [3.63, 3.8) is 0 Å². The SMILES string of the molecule is CNC(=O)Cc1ccc(NC(=O)C(C)N2CCCCCC2)cc1. The monoisotopic (exact) mass is 317 g/mol. The molecule has 2 amide bonds. The molecule has 126 valence electrons. The highest BCUT2D eigenvalue weighted by molar-refractivity contribution is 5.94. The molecule has 0 bridgehead atoms. The van der Waals surface area contributed by atoms with Gasteiger partial charge in [-0.3, -0.25) is 14.5 Å². The zero-order valence-corrected chi connectivity index (χ0v) is 14.1. The predicted octanol–water partition coefficient (Wildman–Crippen LogP) is 2.18. The Balaban J connectivity index is 1.90. The zero-order chi connectivity index (χ0) is 16.7. The Labute approximate surface area is 138 Å². The van der Waals surface area contributed by atoms with E-state index < -0.39 is 0 Å². The van der Waals surface area contributed by atoms with Crippen LogP contribution >= 0.6 is 0 Å². The number of rotatable bonds is 5. The standard InChI is InChI=1S/C18H27N3O2/c1-14(21-11-5-3-4-6-12-21)18(23)20-16-9-7-15(8-10-16)13-17(22)19-2/h7-10,14H,3-6,11-13H2,1-2H3,(H,19,22)(H,20,23). The van der Waals surface area contributed by atoms with Gasteiger partial charge in [-0.25, -0.2) is 0 Å².